The van der Waals surface area contributed by atoms with Gasteiger partial charge in [0.1, 0.15) is 0 Å². The first-order valence-corrected chi connectivity index (χ1v) is 16.4. The molecule has 0 saturated heterocycles. The van der Waals surface area contributed by atoms with Crippen molar-refractivity contribution in [3.8, 4) is 44.9 Å². The van der Waals surface area contributed by atoms with Crippen LogP contribution in [0.4, 0.5) is 0 Å². The molecule has 4 heteroatoms. The van der Waals surface area contributed by atoms with Gasteiger partial charge in [-0.1, -0.05) is 113 Å². The molecule has 245 valence electrons. The van der Waals surface area contributed by atoms with Gasteiger partial charge in [-0.2, -0.15) is 12.1 Å². The minimum atomic E-state index is 0. The molecule has 0 N–H and O–H groups in total. The topological polar surface area (TPSA) is 38.7 Å². The van der Waals surface area contributed by atoms with E-state index in [4.69, 9.17) is 0 Å². The molecule has 3 aromatic heterocycles. The van der Waals surface area contributed by atoms with Gasteiger partial charge in [0.2, 0.25) is 0 Å². The van der Waals surface area contributed by atoms with E-state index in [-0.39, 0.29) is 25.5 Å². The molecule has 0 saturated carbocycles. The van der Waals surface area contributed by atoms with Crippen molar-refractivity contribution in [2.45, 2.75) is 67.2 Å². The summed E-state index contributed by atoms with van der Waals surface area (Å²) in [6.07, 6.45) is 6.80. The Kier molecular flexibility index (Phi) is 10.3. The molecule has 0 bridgehead atoms. The van der Waals surface area contributed by atoms with E-state index >= 15 is 0 Å². The predicted molar refractivity (Wildman–Crippen MR) is 195 cm³/mol. The number of fused-ring (bicyclic) bond motifs is 3. The summed E-state index contributed by atoms with van der Waals surface area (Å²) in [5.41, 5.74) is 16.8. The molecule has 1 radical (unpaired) electrons. The fraction of sp³-hybridized carbons (Fsp3) is 0.250. The zero-order chi connectivity index (χ0) is 33.3. The number of aromatic nitrogens is 3. The van der Waals surface area contributed by atoms with Gasteiger partial charge in [-0.15, -0.1) is 35.4 Å². The van der Waals surface area contributed by atoms with Crippen LogP contribution in [0.25, 0.3) is 44.9 Å². The summed E-state index contributed by atoms with van der Waals surface area (Å²) in [6.45, 7) is 17.7. The number of hydrogen-bond donors (Lipinski definition) is 0. The molecule has 3 heterocycles. The number of nitrogens with zero attached hydrogens (tertiary/aromatic N) is 3. The minimum Gasteiger partial charge on any atom is -0.318 e. The van der Waals surface area contributed by atoms with Crippen LogP contribution in [0.5, 0.6) is 0 Å². The molecule has 0 atom stereocenters. The summed E-state index contributed by atoms with van der Waals surface area (Å²) in [5.74, 6) is 0. The summed E-state index contributed by atoms with van der Waals surface area (Å²) in [7, 11) is 0. The van der Waals surface area contributed by atoms with E-state index in [0.717, 1.165) is 29.1 Å². The standard InChI is InChI=1S/C25H28N.C19H15N2.Ir/c1-17-7-10-22(24-13-18(2)19(3)16-26-24)14-23(17)21-11-8-20(9-12-21)15-25(4,5)6;1-19(2)15-8-4-3-7-13(15)14-11-18(21-12-16(14)19)17-9-5-6-10-20-17;/h7-9,11-14,16H,15H2,1-6H3;3-8,10-12H,1-2H3;/q2*-1;. The van der Waals surface area contributed by atoms with Crippen molar-refractivity contribution in [1.82, 2.24) is 15.0 Å². The maximum Gasteiger partial charge on any atom is 0.0192 e. The van der Waals surface area contributed by atoms with Gasteiger partial charge in [0.05, 0.1) is 0 Å². The van der Waals surface area contributed by atoms with E-state index in [2.05, 4.69) is 155 Å². The largest absolute Gasteiger partial charge is 0.318 e. The molecule has 1 aliphatic rings. The van der Waals surface area contributed by atoms with Crippen LogP contribution in [0.15, 0.2) is 104 Å². The number of aryl methyl sites for hydroxylation is 3. The minimum absolute atomic E-state index is 0. The van der Waals surface area contributed by atoms with E-state index in [0.29, 0.717) is 5.41 Å². The Morgan fingerprint density at radius 1 is 0.667 bits per heavy atom. The fourth-order valence-electron chi connectivity index (χ4n) is 6.39. The van der Waals surface area contributed by atoms with Crippen molar-refractivity contribution in [1.29, 1.82) is 0 Å². The predicted octanol–water partition coefficient (Wildman–Crippen LogP) is 11.0. The molecule has 3 aromatic carbocycles. The van der Waals surface area contributed by atoms with Gasteiger partial charge >= 0.3 is 0 Å². The first kappa shape index (κ1) is 35.1. The van der Waals surface area contributed by atoms with E-state index in [1.807, 2.05) is 24.5 Å². The van der Waals surface area contributed by atoms with Crippen molar-refractivity contribution in [3.63, 3.8) is 0 Å². The molecule has 3 nitrogen and oxygen atoms in total. The van der Waals surface area contributed by atoms with Crippen LogP contribution in [0.1, 0.15) is 68.0 Å². The summed E-state index contributed by atoms with van der Waals surface area (Å²) in [6, 6.07) is 36.4. The molecule has 1 aliphatic carbocycles. The summed E-state index contributed by atoms with van der Waals surface area (Å²) in [5, 5.41) is 0. The van der Waals surface area contributed by atoms with Gasteiger partial charge in [0.15, 0.2) is 0 Å². The Hall–Kier alpha value is -4.24. The second-order valence-corrected chi connectivity index (χ2v) is 14.4. The second kappa shape index (κ2) is 14.1. The molecule has 7 rings (SSSR count). The van der Waals surface area contributed by atoms with E-state index in [1.165, 1.54) is 55.6 Å². The van der Waals surface area contributed by atoms with Crippen LogP contribution in [0.2, 0.25) is 0 Å². The van der Waals surface area contributed by atoms with Crippen LogP contribution in [-0.4, -0.2) is 15.0 Å². The normalized spacial score (nSPS) is 12.7. The molecule has 48 heavy (non-hydrogen) atoms. The smallest absolute Gasteiger partial charge is 0.0192 e. The summed E-state index contributed by atoms with van der Waals surface area (Å²) >= 11 is 0. The van der Waals surface area contributed by atoms with Crippen LogP contribution < -0.4 is 0 Å². The number of rotatable bonds is 4. The van der Waals surface area contributed by atoms with Gasteiger partial charge < -0.3 is 9.97 Å². The van der Waals surface area contributed by atoms with E-state index in [1.54, 1.807) is 6.20 Å². The molecule has 6 aromatic rings. The van der Waals surface area contributed by atoms with Gasteiger partial charge in [0, 0.05) is 37.9 Å². The second-order valence-electron chi connectivity index (χ2n) is 14.4. The molecule has 0 fully saturated rings. The van der Waals surface area contributed by atoms with Crippen molar-refractivity contribution in [2.24, 2.45) is 5.41 Å². The average Bonchev–Trinajstić information content (AvgIpc) is 3.29. The molecular weight excluding hydrogens is 763 g/mol. The van der Waals surface area contributed by atoms with E-state index in [9.17, 15) is 0 Å². The Morgan fingerprint density at radius 3 is 2.08 bits per heavy atom. The van der Waals surface area contributed by atoms with Crippen LogP contribution >= 0.6 is 0 Å². The van der Waals surface area contributed by atoms with Crippen molar-refractivity contribution in [3.05, 3.63) is 149 Å². The maximum absolute atomic E-state index is 4.61. The third kappa shape index (κ3) is 7.41. The fourth-order valence-corrected chi connectivity index (χ4v) is 6.39. The molecular formula is C44H43IrN3-2. The Morgan fingerprint density at radius 2 is 1.40 bits per heavy atom. The average molecular weight is 806 g/mol. The zero-order valence-electron chi connectivity index (χ0n) is 29.2. The number of pyridine rings is 3. The van der Waals surface area contributed by atoms with Gasteiger partial charge in [-0.05, 0) is 87.9 Å². The van der Waals surface area contributed by atoms with Crippen molar-refractivity contribution in [2.75, 3.05) is 0 Å². The first-order chi connectivity index (χ1) is 22.4. The number of benzene rings is 3. The monoisotopic (exact) mass is 806 g/mol. The quantitative estimate of drug-likeness (QED) is 0.167. The Labute approximate surface area is 300 Å². The molecule has 0 amide bonds. The van der Waals surface area contributed by atoms with Crippen LogP contribution in [-0.2, 0) is 31.9 Å². The third-order valence-electron chi connectivity index (χ3n) is 9.12. The Bertz CT molecular complexity index is 2040. The Balaban J connectivity index is 0.000000187. The summed E-state index contributed by atoms with van der Waals surface area (Å²) in [4.78, 5) is 13.6. The van der Waals surface area contributed by atoms with Crippen molar-refractivity contribution >= 4 is 0 Å². The summed E-state index contributed by atoms with van der Waals surface area (Å²) < 4.78 is 0. The van der Waals surface area contributed by atoms with Crippen LogP contribution in [0, 0.1) is 38.3 Å². The number of hydrogen-bond acceptors (Lipinski definition) is 3. The van der Waals surface area contributed by atoms with Crippen LogP contribution in [0.3, 0.4) is 0 Å². The van der Waals surface area contributed by atoms with E-state index < -0.39 is 0 Å². The van der Waals surface area contributed by atoms with Gasteiger partial charge in [-0.25, -0.2) is 0 Å². The maximum atomic E-state index is 4.61. The zero-order valence-corrected chi connectivity index (χ0v) is 31.6. The van der Waals surface area contributed by atoms with Gasteiger partial charge in [-0.3, -0.25) is 4.98 Å². The SMILES string of the molecule is CC1(C)c2ccccc2-c2cc(-c3[c-]cccn3)ncc21.Cc1cnc(-c2[c-]cc(C)c(-c3ccc(CC(C)(C)C)cc3)c2)cc1C.[Ir]. The first-order valence-electron chi connectivity index (χ1n) is 16.4. The molecule has 0 spiro atoms. The van der Waals surface area contributed by atoms with Gasteiger partial charge in [0.25, 0.3) is 0 Å². The van der Waals surface area contributed by atoms with Crippen molar-refractivity contribution < 1.29 is 20.1 Å². The third-order valence-corrected chi connectivity index (χ3v) is 9.12. The molecule has 0 aliphatic heterocycles. The molecule has 0 unspecified atom stereocenters.